The molecule has 0 bridgehead atoms. The summed E-state index contributed by atoms with van der Waals surface area (Å²) in [6.45, 7) is 2.72. The van der Waals surface area contributed by atoms with Crippen LogP contribution in [0.25, 0.3) is 0 Å². The Balaban J connectivity index is 1.90. The molecule has 0 aliphatic heterocycles. The molecule has 0 fully saturated rings. The molecule has 0 aromatic heterocycles. The van der Waals surface area contributed by atoms with E-state index >= 15 is 0 Å². The zero-order chi connectivity index (χ0) is 27.3. The summed E-state index contributed by atoms with van der Waals surface area (Å²) in [6, 6.07) is 13.7. The van der Waals surface area contributed by atoms with Crippen molar-refractivity contribution >= 4 is 12.1 Å². The highest BCUT2D eigenvalue weighted by Crippen LogP contribution is 2.17. The number of alkyl halides is 3. The molecule has 1 unspecified atom stereocenters. The minimum atomic E-state index is -4.41. The molecule has 0 aliphatic carbocycles. The first-order valence-electron chi connectivity index (χ1n) is 11.8. The molecule has 11 heteroatoms. The average molecular weight is 528 g/mol. The van der Waals surface area contributed by atoms with Gasteiger partial charge in [0.15, 0.2) is 6.10 Å². The maximum Gasteiger partial charge on any atom is 0.415 e. The molecule has 37 heavy (non-hydrogen) atoms. The second-order valence-corrected chi connectivity index (χ2v) is 8.17. The zero-order valence-corrected chi connectivity index (χ0v) is 20.8. The molecular formula is C26H32F3NO7. The SMILES string of the molecule is CCOC(Cc1ccc(OCCN(CCCOCC(F)(F)F)C(=O)Oc2ccc(C)cc2)cc1)C(=O)O. The van der Waals surface area contributed by atoms with Gasteiger partial charge in [0.25, 0.3) is 0 Å². The lowest BCUT2D eigenvalue weighted by Gasteiger charge is -2.22. The van der Waals surface area contributed by atoms with Gasteiger partial charge >= 0.3 is 18.2 Å². The number of hydrogen-bond donors (Lipinski definition) is 1. The van der Waals surface area contributed by atoms with Crippen LogP contribution in [0.5, 0.6) is 11.5 Å². The first-order valence-corrected chi connectivity index (χ1v) is 11.8. The first kappa shape index (κ1) is 29.9. The Hall–Kier alpha value is -3.31. The highest BCUT2D eigenvalue weighted by atomic mass is 19.4. The predicted molar refractivity (Wildman–Crippen MR) is 129 cm³/mol. The average Bonchev–Trinajstić information content (AvgIpc) is 2.84. The molecule has 0 aliphatic rings. The molecule has 2 aromatic carbocycles. The number of amides is 1. The molecule has 204 valence electrons. The standard InChI is InChI=1S/C26H32F3NO7/c1-3-35-23(24(31)32)17-20-7-11-21(12-8-20)36-16-14-30(13-4-15-34-18-26(27,28)29)25(33)37-22-9-5-19(2)6-10-22/h5-12,23H,3-4,13-18H2,1-2H3,(H,31,32). The Bertz CT molecular complexity index is 966. The summed E-state index contributed by atoms with van der Waals surface area (Å²) in [5, 5.41) is 9.22. The second kappa shape index (κ2) is 15.1. The number of halogens is 3. The number of ether oxygens (including phenoxy) is 4. The number of hydrogen-bond acceptors (Lipinski definition) is 6. The van der Waals surface area contributed by atoms with Crippen LogP contribution in [0.3, 0.4) is 0 Å². The highest BCUT2D eigenvalue weighted by Gasteiger charge is 2.27. The molecule has 1 atom stereocenters. The van der Waals surface area contributed by atoms with Crippen LogP contribution in [0.4, 0.5) is 18.0 Å². The minimum Gasteiger partial charge on any atom is -0.492 e. The fraction of sp³-hybridized carbons (Fsp3) is 0.462. The summed E-state index contributed by atoms with van der Waals surface area (Å²) in [7, 11) is 0. The van der Waals surface area contributed by atoms with Crippen LogP contribution >= 0.6 is 0 Å². The van der Waals surface area contributed by atoms with E-state index in [0.29, 0.717) is 11.5 Å². The van der Waals surface area contributed by atoms with Crippen LogP contribution in [-0.4, -0.2) is 73.9 Å². The van der Waals surface area contributed by atoms with Gasteiger partial charge in [-0.05, 0) is 50.1 Å². The van der Waals surface area contributed by atoms with Crippen molar-refractivity contribution in [1.82, 2.24) is 4.90 Å². The summed E-state index contributed by atoms with van der Waals surface area (Å²) < 4.78 is 57.7. The molecule has 1 amide bonds. The lowest BCUT2D eigenvalue weighted by atomic mass is 10.1. The number of carbonyl (C=O) groups is 2. The predicted octanol–water partition coefficient (Wildman–Crippen LogP) is 4.88. The van der Waals surface area contributed by atoms with Crippen molar-refractivity contribution in [1.29, 1.82) is 0 Å². The molecule has 1 N–H and O–H groups in total. The van der Waals surface area contributed by atoms with Gasteiger partial charge in [0, 0.05) is 26.2 Å². The van der Waals surface area contributed by atoms with E-state index in [2.05, 4.69) is 4.74 Å². The maximum atomic E-state index is 12.7. The lowest BCUT2D eigenvalue weighted by Crippen LogP contribution is -2.38. The molecule has 8 nitrogen and oxygen atoms in total. The van der Waals surface area contributed by atoms with Gasteiger partial charge in [-0.2, -0.15) is 13.2 Å². The topological polar surface area (TPSA) is 94.5 Å². The molecule has 0 saturated carbocycles. The Morgan fingerprint density at radius 1 is 0.973 bits per heavy atom. The fourth-order valence-electron chi connectivity index (χ4n) is 3.24. The number of carbonyl (C=O) groups excluding carboxylic acids is 1. The number of rotatable bonds is 15. The van der Waals surface area contributed by atoms with E-state index in [1.165, 1.54) is 4.90 Å². The van der Waals surface area contributed by atoms with Crippen molar-refractivity contribution in [3.8, 4) is 11.5 Å². The smallest absolute Gasteiger partial charge is 0.415 e. The van der Waals surface area contributed by atoms with E-state index in [-0.39, 0.29) is 45.8 Å². The monoisotopic (exact) mass is 527 g/mol. The molecule has 2 aromatic rings. The van der Waals surface area contributed by atoms with E-state index < -0.39 is 30.9 Å². The van der Waals surface area contributed by atoms with E-state index in [9.17, 15) is 27.9 Å². The molecule has 0 heterocycles. The Kier molecular flexibility index (Phi) is 12.2. The van der Waals surface area contributed by atoms with Crippen molar-refractivity contribution in [2.45, 2.75) is 39.0 Å². The van der Waals surface area contributed by atoms with Crippen molar-refractivity contribution in [2.24, 2.45) is 0 Å². The first-order chi connectivity index (χ1) is 17.6. The van der Waals surface area contributed by atoms with E-state index in [1.54, 1.807) is 55.5 Å². The Morgan fingerprint density at radius 3 is 2.22 bits per heavy atom. The quantitative estimate of drug-likeness (QED) is 0.330. The Labute approximate surface area is 213 Å². The van der Waals surface area contributed by atoms with Gasteiger partial charge in [-0.15, -0.1) is 0 Å². The van der Waals surface area contributed by atoms with Crippen molar-refractivity contribution < 1.29 is 46.8 Å². The number of nitrogens with zero attached hydrogens (tertiary/aromatic N) is 1. The second-order valence-electron chi connectivity index (χ2n) is 8.17. The van der Waals surface area contributed by atoms with Crippen molar-refractivity contribution in [3.05, 3.63) is 59.7 Å². The lowest BCUT2D eigenvalue weighted by molar-refractivity contribution is -0.174. The molecule has 0 spiro atoms. The van der Waals surface area contributed by atoms with Crippen molar-refractivity contribution in [3.63, 3.8) is 0 Å². The molecule has 0 saturated heterocycles. The zero-order valence-electron chi connectivity index (χ0n) is 20.8. The van der Waals surface area contributed by atoms with Gasteiger partial charge in [0.2, 0.25) is 0 Å². The van der Waals surface area contributed by atoms with Crippen LogP contribution in [0, 0.1) is 6.92 Å². The number of aryl methyl sites for hydroxylation is 1. The maximum absolute atomic E-state index is 12.7. The van der Waals surface area contributed by atoms with Crippen LogP contribution in [0.2, 0.25) is 0 Å². The molecule has 2 rings (SSSR count). The van der Waals surface area contributed by atoms with Gasteiger partial charge in [0.05, 0.1) is 6.54 Å². The highest BCUT2D eigenvalue weighted by molar-refractivity contribution is 5.72. The summed E-state index contributed by atoms with van der Waals surface area (Å²) in [5.41, 5.74) is 1.75. The van der Waals surface area contributed by atoms with E-state index in [0.717, 1.165) is 11.1 Å². The van der Waals surface area contributed by atoms with Gasteiger partial charge in [0.1, 0.15) is 24.7 Å². The van der Waals surface area contributed by atoms with Gasteiger partial charge in [-0.3, -0.25) is 0 Å². The van der Waals surface area contributed by atoms with E-state index in [4.69, 9.17) is 14.2 Å². The summed E-state index contributed by atoms with van der Waals surface area (Å²) in [6.07, 6.45) is -5.62. The number of aliphatic carboxylic acids is 1. The largest absolute Gasteiger partial charge is 0.492 e. The number of carboxylic acid groups (broad SMARTS) is 1. The van der Waals surface area contributed by atoms with Gasteiger partial charge < -0.3 is 29.0 Å². The third-order valence-corrected chi connectivity index (χ3v) is 5.08. The molecule has 0 radical (unpaired) electrons. The normalized spacial score (nSPS) is 12.1. The van der Waals surface area contributed by atoms with Crippen LogP contribution in [0.15, 0.2) is 48.5 Å². The van der Waals surface area contributed by atoms with Crippen LogP contribution in [0.1, 0.15) is 24.5 Å². The summed E-state index contributed by atoms with van der Waals surface area (Å²) in [4.78, 5) is 25.3. The fourth-order valence-corrected chi connectivity index (χ4v) is 3.24. The summed E-state index contributed by atoms with van der Waals surface area (Å²) in [5.74, 6) is -0.187. The third kappa shape index (κ3) is 12.0. The Morgan fingerprint density at radius 2 is 1.62 bits per heavy atom. The van der Waals surface area contributed by atoms with Gasteiger partial charge in [-0.25, -0.2) is 9.59 Å². The van der Waals surface area contributed by atoms with E-state index in [1.807, 2.05) is 6.92 Å². The number of carboxylic acids is 1. The summed E-state index contributed by atoms with van der Waals surface area (Å²) >= 11 is 0. The van der Waals surface area contributed by atoms with Crippen molar-refractivity contribution in [2.75, 3.05) is 39.5 Å². The minimum absolute atomic E-state index is 0.0997. The third-order valence-electron chi connectivity index (χ3n) is 5.08. The van der Waals surface area contributed by atoms with Crippen LogP contribution in [-0.2, 0) is 20.7 Å². The molecular weight excluding hydrogens is 495 g/mol. The van der Waals surface area contributed by atoms with Gasteiger partial charge in [-0.1, -0.05) is 29.8 Å². The number of benzene rings is 2. The van der Waals surface area contributed by atoms with Crippen LogP contribution < -0.4 is 9.47 Å².